The van der Waals surface area contributed by atoms with E-state index in [-0.39, 0.29) is 40.8 Å². The number of ether oxygens (including phenoxy) is 4. The monoisotopic (exact) mass is 757 g/mol. The molecule has 310 valence electrons. The van der Waals surface area contributed by atoms with Crippen molar-refractivity contribution in [1.29, 1.82) is 0 Å². The van der Waals surface area contributed by atoms with Gasteiger partial charge in [0.25, 0.3) is 0 Å². The minimum absolute atomic E-state index is 0.0209. The van der Waals surface area contributed by atoms with Gasteiger partial charge in [0.15, 0.2) is 6.29 Å². The number of aliphatic hydroxyl groups is 2. The van der Waals surface area contributed by atoms with Crippen LogP contribution in [-0.2, 0) is 18.9 Å². The predicted octanol–water partition coefficient (Wildman–Crippen LogP) is 7.53. The predicted molar refractivity (Wildman–Crippen MR) is 213 cm³/mol. The Kier molecular flexibility index (Phi) is 10.2. The fourth-order valence-corrected chi connectivity index (χ4v) is 16.0. The molecule has 2 spiro atoms. The number of nitrogens with zero attached hydrogens (tertiary/aromatic N) is 2. The first kappa shape index (κ1) is 40.5. The summed E-state index contributed by atoms with van der Waals surface area (Å²) in [5.41, 5.74) is -0.0934. The molecule has 0 amide bonds. The van der Waals surface area contributed by atoms with Crippen LogP contribution in [-0.4, -0.2) is 114 Å². The van der Waals surface area contributed by atoms with Gasteiger partial charge < -0.3 is 34.1 Å². The lowest BCUT2D eigenvalue weighted by Crippen LogP contribution is -2.60. The summed E-state index contributed by atoms with van der Waals surface area (Å²) in [4.78, 5) is 5.36. The number of aliphatic hydroxyl groups excluding tert-OH is 1. The van der Waals surface area contributed by atoms with Gasteiger partial charge in [-0.05, 0) is 149 Å². The van der Waals surface area contributed by atoms with Crippen molar-refractivity contribution in [3.63, 3.8) is 0 Å². The van der Waals surface area contributed by atoms with E-state index in [2.05, 4.69) is 65.2 Å². The number of hydrogen-bond acceptors (Lipinski definition) is 8. The Hall–Kier alpha value is -0.320. The molecule has 8 nitrogen and oxygen atoms in total. The van der Waals surface area contributed by atoms with Crippen molar-refractivity contribution in [2.75, 3.05) is 45.9 Å². The summed E-state index contributed by atoms with van der Waals surface area (Å²) in [5.74, 6) is 1.85. The normalized spacial score (nSPS) is 48.9. The van der Waals surface area contributed by atoms with Gasteiger partial charge in [0.05, 0.1) is 36.6 Å². The van der Waals surface area contributed by atoms with Crippen molar-refractivity contribution in [3.05, 3.63) is 0 Å². The lowest BCUT2D eigenvalue weighted by Gasteiger charge is -2.64. The van der Waals surface area contributed by atoms with Crippen LogP contribution in [0.3, 0.4) is 0 Å². The number of morpholine rings is 1. The summed E-state index contributed by atoms with van der Waals surface area (Å²) in [6.45, 7) is 32.0. The van der Waals surface area contributed by atoms with Gasteiger partial charge in [0.1, 0.15) is 6.10 Å². The number of likely N-dealkylation sites (tertiary alicyclic amines) is 1. The number of fused-ring (bicyclic) bond motifs is 4. The first-order valence-corrected chi connectivity index (χ1v) is 22.6. The Bertz CT molecular complexity index is 1370. The molecule has 0 aromatic rings. The lowest BCUT2D eigenvalue weighted by atomic mass is 9.41. The van der Waals surface area contributed by atoms with Gasteiger partial charge in [-0.25, -0.2) is 0 Å². The van der Waals surface area contributed by atoms with Gasteiger partial charge in [0, 0.05) is 37.7 Å². The first-order chi connectivity index (χ1) is 25.2. The molecule has 14 atom stereocenters. The molecule has 3 saturated heterocycles. The van der Waals surface area contributed by atoms with E-state index >= 15 is 0 Å². The minimum Gasteiger partial charge on any atom is -0.390 e. The third kappa shape index (κ3) is 6.09. The van der Waals surface area contributed by atoms with E-state index in [0.29, 0.717) is 52.6 Å². The van der Waals surface area contributed by atoms with Gasteiger partial charge in [-0.15, -0.1) is 0 Å². The summed E-state index contributed by atoms with van der Waals surface area (Å²) in [6, 6.07) is 0.639. The van der Waals surface area contributed by atoms with E-state index in [1.165, 1.54) is 71.0 Å². The molecule has 0 bridgehead atoms. The number of rotatable bonds is 8. The minimum atomic E-state index is -1.01. The molecule has 5 saturated carbocycles. The molecule has 0 unspecified atom stereocenters. The van der Waals surface area contributed by atoms with Crippen LogP contribution < -0.4 is 0 Å². The number of piperidine rings is 1. The molecule has 2 N–H and O–H groups in total. The summed E-state index contributed by atoms with van der Waals surface area (Å²) in [7, 11) is 0. The molecule has 0 aromatic heterocycles. The zero-order chi connectivity index (χ0) is 38.9. The van der Waals surface area contributed by atoms with Crippen LogP contribution in [0.2, 0.25) is 0 Å². The smallest absolute Gasteiger partial charge is 0.170 e. The second-order valence-corrected chi connectivity index (χ2v) is 23.1. The van der Waals surface area contributed by atoms with Gasteiger partial charge in [-0.1, -0.05) is 55.4 Å². The zero-order valence-electron chi connectivity index (χ0n) is 36.3. The highest BCUT2D eigenvalue weighted by Crippen LogP contribution is 2.89. The van der Waals surface area contributed by atoms with E-state index in [1.807, 2.05) is 20.8 Å². The molecule has 54 heavy (non-hydrogen) atoms. The Morgan fingerprint density at radius 2 is 1.57 bits per heavy atom. The number of hydrogen-bond donors (Lipinski definition) is 2. The van der Waals surface area contributed by atoms with Crippen LogP contribution in [0.15, 0.2) is 0 Å². The molecule has 8 fully saturated rings. The molecule has 3 heterocycles. The first-order valence-electron chi connectivity index (χ1n) is 22.6. The molecule has 0 radical (unpaired) electrons. The van der Waals surface area contributed by atoms with Gasteiger partial charge in [0.2, 0.25) is 0 Å². The molecule has 0 aromatic carbocycles. The van der Waals surface area contributed by atoms with E-state index in [1.54, 1.807) is 0 Å². The quantitative estimate of drug-likeness (QED) is 0.263. The maximum Gasteiger partial charge on any atom is 0.170 e. The van der Waals surface area contributed by atoms with Crippen molar-refractivity contribution in [1.82, 2.24) is 9.80 Å². The maximum atomic E-state index is 12.7. The van der Waals surface area contributed by atoms with Crippen LogP contribution in [0.25, 0.3) is 0 Å². The van der Waals surface area contributed by atoms with Crippen molar-refractivity contribution in [3.8, 4) is 0 Å². The fraction of sp³-hybridized carbons (Fsp3) is 1.00. The maximum absolute atomic E-state index is 12.7. The largest absolute Gasteiger partial charge is 0.390 e. The molecular formula is C46H80N2O6. The Labute approximate surface area is 329 Å². The zero-order valence-corrected chi connectivity index (χ0v) is 36.3. The molecular weight excluding hydrogens is 677 g/mol. The average Bonchev–Trinajstić information content (AvgIpc) is 3.72. The second kappa shape index (κ2) is 13.6. The van der Waals surface area contributed by atoms with Crippen molar-refractivity contribution < 1.29 is 29.2 Å². The topological polar surface area (TPSA) is 83.9 Å². The average molecular weight is 757 g/mol. The van der Waals surface area contributed by atoms with Gasteiger partial charge in [-0.3, -0.25) is 4.90 Å². The second-order valence-electron chi connectivity index (χ2n) is 23.1. The summed E-state index contributed by atoms with van der Waals surface area (Å²) in [6.07, 6.45) is 10.6. The van der Waals surface area contributed by atoms with E-state index < -0.39 is 17.8 Å². The molecule has 8 aliphatic rings. The molecule has 3 aliphatic heterocycles. The van der Waals surface area contributed by atoms with Gasteiger partial charge in [-0.2, -0.15) is 0 Å². The summed E-state index contributed by atoms with van der Waals surface area (Å²) >= 11 is 0. The van der Waals surface area contributed by atoms with Crippen LogP contribution >= 0.6 is 0 Å². The van der Waals surface area contributed by atoms with E-state index in [0.717, 1.165) is 32.5 Å². The van der Waals surface area contributed by atoms with Crippen molar-refractivity contribution >= 4 is 0 Å². The Balaban J connectivity index is 0.954. The SMILES string of the molecule is CCO[C@@H]([C@H]1C[C@@H](C)[C@H]2[C@H](O1)[C@H](O)[C@@]1(C)[C@@H]3CC[C@H]4C(C)(C)[C@@H](O[C@H]5CN(C6CCN(CC(C)(C)C)CC6)CCO5)CC[C@@]45C[C@@]35CC[C@]21C)C(C)(C)O. The summed E-state index contributed by atoms with van der Waals surface area (Å²) < 4.78 is 26.7. The highest BCUT2D eigenvalue weighted by atomic mass is 16.7. The lowest BCUT2D eigenvalue weighted by molar-refractivity contribution is -0.251. The third-order valence-corrected chi connectivity index (χ3v) is 18.3. The molecule has 8 heteroatoms. The highest BCUT2D eigenvalue weighted by molar-refractivity contribution is 5.33. The van der Waals surface area contributed by atoms with Crippen LogP contribution in [0.4, 0.5) is 0 Å². The standard InChI is InChI=1S/C46H80N2O6/c1-12-51-39(42(8,9)50)31-25-29(2)36-37(53-31)38(49)44(11)33-14-13-32-41(6,7)34(15-18-45(32)27-46(33,45)20-19-43(36,44)10)54-35-26-48(23-24-52-35)30-16-21-47(22-17-30)28-40(3,4)5/h29-39,49-50H,12-28H2,1-11H3/t29-,31-,32+,33+,34+,35+,36+,37+,38+,39+,43-,44-,45-,46+/m1/s1. The third-order valence-electron chi connectivity index (χ3n) is 18.3. The van der Waals surface area contributed by atoms with Crippen molar-refractivity contribution in [2.45, 2.75) is 189 Å². The van der Waals surface area contributed by atoms with Crippen LogP contribution in [0.5, 0.6) is 0 Å². The van der Waals surface area contributed by atoms with Crippen LogP contribution in [0.1, 0.15) is 140 Å². The van der Waals surface area contributed by atoms with E-state index in [4.69, 9.17) is 18.9 Å². The van der Waals surface area contributed by atoms with Gasteiger partial charge >= 0.3 is 0 Å². The van der Waals surface area contributed by atoms with E-state index in [9.17, 15) is 10.2 Å². The summed E-state index contributed by atoms with van der Waals surface area (Å²) in [5, 5.41) is 23.8. The van der Waals surface area contributed by atoms with Crippen molar-refractivity contribution in [2.24, 2.45) is 56.2 Å². The molecule has 8 rings (SSSR count). The Morgan fingerprint density at radius 1 is 0.889 bits per heavy atom. The molecule has 5 aliphatic carbocycles. The van der Waals surface area contributed by atoms with Crippen LogP contribution in [0, 0.1) is 56.2 Å². The Morgan fingerprint density at radius 3 is 2.24 bits per heavy atom. The fourth-order valence-electron chi connectivity index (χ4n) is 16.0. The highest BCUT2D eigenvalue weighted by Gasteiger charge is 2.84.